The molecule has 0 spiro atoms. The summed E-state index contributed by atoms with van der Waals surface area (Å²) in [5, 5.41) is 2.91. The van der Waals surface area contributed by atoms with Gasteiger partial charge in [-0.3, -0.25) is 4.79 Å². The van der Waals surface area contributed by atoms with Gasteiger partial charge in [0.05, 0.1) is 13.2 Å². The van der Waals surface area contributed by atoms with Gasteiger partial charge in [-0.15, -0.1) is 11.6 Å². The topological polar surface area (TPSA) is 41.6 Å². The van der Waals surface area contributed by atoms with Crippen molar-refractivity contribution in [2.75, 3.05) is 42.4 Å². The minimum absolute atomic E-state index is 0.0502. The van der Waals surface area contributed by atoms with Crippen molar-refractivity contribution >= 4 is 28.9 Å². The lowest BCUT2D eigenvalue weighted by Gasteiger charge is -2.28. The molecule has 4 nitrogen and oxygen atoms in total. The van der Waals surface area contributed by atoms with Gasteiger partial charge in [0.2, 0.25) is 5.91 Å². The molecule has 0 atom stereocenters. The molecule has 5 heteroatoms. The maximum absolute atomic E-state index is 11.7. The van der Waals surface area contributed by atoms with E-state index in [0.717, 1.165) is 44.8 Å². The summed E-state index contributed by atoms with van der Waals surface area (Å²) in [4.78, 5) is 14.0. The highest BCUT2D eigenvalue weighted by molar-refractivity contribution is 6.17. The largest absolute Gasteiger partial charge is 0.378 e. The summed E-state index contributed by atoms with van der Waals surface area (Å²) >= 11 is 5.59. The average Bonchev–Trinajstić information content (AvgIpc) is 2.49. The average molecular weight is 297 g/mol. The number of alkyl halides is 1. The first-order valence-electron chi connectivity index (χ1n) is 7.08. The van der Waals surface area contributed by atoms with Gasteiger partial charge in [0.1, 0.15) is 0 Å². The molecule has 1 fully saturated rings. The van der Waals surface area contributed by atoms with Crippen molar-refractivity contribution in [3.63, 3.8) is 0 Å². The Morgan fingerprint density at radius 1 is 1.20 bits per heavy atom. The molecule has 1 heterocycles. The Kier molecular flexibility index (Phi) is 6.15. The number of ether oxygens (including phenoxy) is 1. The third-order valence-electron chi connectivity index (χ3n) is 3.31. The van der Waals surface area contributed by atoms with Crippen LogP contribution < -0.4 is 10.2 Å². The minimum atomic E-state index is 0.0502. The second-order valence-corrected chi connectivity index (χ2v) is 5.22. The van der Waals surface area contributed by atoms with Crippen LogP contribution in [0.25, 0.3) is 0 Å². The Morgan fingerprint density at radius 2 is 1.90 bits per heavy atom. The zero-order valence-electron chi connectivity index (χ0n) is 11.6. The van der Waals surface area contributed by atoms with Crippen molar-refractivity contribution in [1.82, 2.24) is 0 Å². The van der Waals surface area contributed by atoms with Gasteiger partial charge in [-0.25, -0.2) is 0 Å². The molecule has 2 rings (SSSR count). The van der Waals surface area contributed by atoms with Crippen LogP contribution in [0.2, 0.25) is 0 Å². The van der Waals surface area contributed by atoms with Gasteiger partial charge in [-0.1, -0.05) is 0 Å². The highest BCUT2D eigenvalue weighted by atomic mass is 35.5. The molecule has 0 unspecified atom stereocenters. The van der Waals surface area contributed by atoms with Gasteiger partial charge in [-0.05, 0) is 37.1 Å². The van der Waals surface area contributed by atoms with E-state index in [0.29, 0.717) is 12.3 Å². The molecule has 1 aromatic rings. The van der Waals surface area contributed by atoms with E-state index in [-0.39, 0.29) is 5.91 Å². The van der Waals surface area contributed by atoms with Crippen LogP contribution >= 0.6 is 11.6 Å². The molecule has 1 aliphatic rings. The molecule has 1 N–H and O–H groups in total. The predicted molar refractivity (Wildman–Crippen MR) is 82.7 cm³/mol. The number of rotatable bonds is 6. The molecule has 1 aromatic carbocycles. The monoisotopic (exact) mass is 296 g/mol. The lowest BCUT2D eigenvalue weighted by Crippen LogP contribution is -2.36. The number of unbranched alkanes of at least 4 members (excludes halogenated alkanes) is 1. The van der Waals surface area contributed by atoms with E-state index in [1.807, 2.05) is 24.3 Å². The summed E-state index contributed by atoms with van der Waals surface area (Å²) in [6.07, 6.45) is 2.24. The van der Waals surface area contributed by atoms with Gasteiger partial charge in [-0.2, -0.15) is 0 Å². The van der Waals surface area contributed by atoms with Crippen LogP contribution in [0.4, 0.5) is 11.4 Å². The third-order valence-corrected chi connectivity index (χ3v) is 3.58. The van der Waals surface area contributed by atoms with Crippen molar-refractivity contribution in [3.8, 4) is 0 Å². The van der Waals surface area contributed by atoms with Gasteiger partial charge in [0.15, 0.2) is 0 Å². The van der Waals surface area contributed by atoms with E-state index in [1.54, 1.807) is 0 Å². The van der Waals surface area contributed by atoms with E-state index in [4.69, 9.17) is 16.3 Å². The maximum atomic E-state index is 11.7. The molecule has 20 heavy (non-hydrogen) atoms. The molecule has 0 aromatic heterocycles. The molecule has 0 saturated carbocycles. The number of carbonyl (C=O) groups is 1. The fraction of sp³-hybridized carbons (Fsp3) is 0.533. The number of carbonyl (C=O) groups excluding carboxylic acids is 1. The molecule has 110 valence electrons. The molecule has 1 aliphatic heterocycles. The number of nitrogens with zero attached hydrogens (tertiary/aromatic N) is 1. The lowest BCUT2D eigenvalue weighted by molar-refractivity contribution is -0.116. The van der Waals surface area contributed by atoms with Crippen LogP contribution in [0.3, 0.4) is 0 Å². The standard InChI is InChI=1S/C15H21ClN2O2/c16-8-2-1-3-15(19)17-13-4-6-14(7-5-13)18-9-11-20-12-10-18/h4-7H,1-3,8-12H2,(H,17,19). The SMILES string of the molecule is O=C(CCCCCl)Nc1ccc(N2CCOCC2)cc1. The van der Waals surface area contributed by atoms with Crippen LogP contribution in [0.5, 0.6) is 0 Å². The number of morpholine rings is 1. The highest BCUT2D eigenvalue weighted by Gasteiger charge is 2.11. The Hall–Kier alpha value is -1.26. The fourth-order valence-corrected chi connectivity index (χ4v) is 2.37. The minimum Gasteiger partial charge on any atom is -0.378 e. The molecule has 0 bridgehead atoms. The smallest absolute Gasteiger partial charge is 0.224 e. The number of benzene rings is 1. The van der Waals surface area contributed by atoms with Crippen LogP contribution in [-0.2, 0) is 9.53 Å². The maximum Gasteiger partial charge on any atom is 0.224 e. The zero-order chi connectivity index (χ0) is 14.2. The van der Waals surface area contributed by atoms with Crippen molar-refractivity contribution < 1.29 is 9.53 Å². The first-order valence-corrected chi connectivity index (χ1v) is 7.61. The summed E-state index contributed by atoms with van der Waals surface area (Å²) in [7, 11) is 0. The summed E-state index contributed by atoms with van der Waals surface area (Å²) in [5.74, 6) is 0.663. The zero-order valence-corrected chi connectivity index (χ0v) is 12.4. The van der Waals surface area contributed by atoms with Crippen LogP contribution in [0.1, 0.15) is 19.3 Å². The number of hydrogen-bond donors (Lipinski definition) is 1. The number of nitrogens with one attached hydrogen (secondary N) is 1. The van der Waals surface area contributed by atoms with Gasteiger partial charge >= 0.3 is 0 Å². The second kappa shape index (κ2) is 8.12. The molecular formula is C15H21ClN2O2. The Balaban J connectivity index is 1.83. The summed E-state index contributed by atoms with van der Waals surface area (Å²) in [5.41, 5.74) is 2.02. The van der Waals surface area contributed by atoms with E-state index in [9.17, 15) is 4.79 Å². The first kappa shape index (κ1) is 15.1. The van der Waals surface area contributed by atoms with Gasteiger partial charge in [0, 0.05) is 36.8 Å². The van der Waals surface area contributed by atoms with Gasteiger partial charge in [0.25, 0.3) is 0 Å². The Morgan fingerprint density at radius 3 is 2.55 bits per heavy atom. The second-order valence-electron chi connectivity index (χ2n) is 4.84. The lowest BCUT2D eigenvalue weighted by atomic mass is 10.2. The Labute approximate surface area is 125 Å². The first-order chi connectivity index (χ1) is 9.79. The van der Waals surface area contributed by atoms with Crippen molar-refractivity contribution in [2.45, 2.75) is 19.3 Å². The molecular weight excluding hydrogens is 276 g/mol. The van der Waals surface area contributed by atoms with E-state index in [1.165, 1.54) is 5.69 Å². The summed E-state index contributed by atoms with van der Waals surface area (Å²) in [6, 6.07) is 7.98. The van der Waals surface area contributed by atoms with E-state index >= 15 is 0 Å². The molecule has 1 saturated heterocycles. The van der Waals surface area contributed by atoms with Crippen molar-refractivity contribution in [3.05, 3.63) is 24.3 Å². The molecule has 0 radical (unpaired) electrons. The van der Waals surface area contributed by atoms with Crippen LogP contribution in [0.15, 0.2) is 24.3 Å². The van der Waals surface area contributed by atoms with Crippen molar-refractivity contribution in [1.29, 1.82) is 0 Å². The van der Waals surface area contributed by atoms with Crippen LogP contribution in [-0.4, -0.2) is 38.1 Å². The quantitative estimate of drug-likeness (QED) is 0.648. The number of halogens is 1. The van der Waals surface area contributed by atoms with Gasteiger partial charge < -0.3 is 15.0 Å². The number of amides is 1. The fourth-order valence-electron chi connectivity index (χ4n) is 2.18. The number of hydrogen-bond acceptors (Lipinski definition) is 3. The predicted octanol–water partition coefficient (Wildman–Crippen LogP) is 2.87. The van der Waals surface area contributed by atoms with E-state index in [2.05, 4.69) is 10.2 Å². The normalized spacial score (nSPS) is 15.2. The van der Waals surface area contributed by atoms with Crippen LogP contribution in [0, 0.1) is 0 Å². The highest BCUT2D eigenvalue weighted by Crippen LogP contribution is 2.19. The summed E-state index contributed by atoms with van der Waals surface area (Å²) in [6.45, 7) is 3.40. The third kappa shape index (κ3) is 4.69. The van der Waals surface area contributed by atoms with E-state index < -0.39 is 0 Å². The summed E-state index contributed by atoms with van der Waals surface area (Å²) < 4.78 is 5.34. The number of anilines is 2. The van der Waals surface area contributed by atoms with Crippen molar-refractivity contribution in [2.24, 2.45) is 0 Å². The molecule has 1 amide bonds. The molecule has 0 aliphatic carbocycles. The Bertz CT molecular complexity index is 416.